The van der Waals surface area contributed by atoms with Crippen LogP contribution in [0.5, 0.6) is 5.75 Å². The summed E-state index contributed by atoms with van der Waals surface area (Å²) in [5.74, 6) is 0.648. The molecular formula is C23H16BrNO2S2. The minimum atomic E-state index is -0.105. The van der Waals surface area contributed by atoms with E-state index in [1.807, 2.05) is 84.9 Å². The van der Waals surface area contributed by atoms with Gasteiger partial charge < -0.3 is 4.74 Å². The van der Waals surface area contributed by atoms with Crippen molar-refractivity contribution in [3.8, 4) is 5.75 Å². The van der Waals surface area contributed by atoms with Gasteiger partial charge in [0.05, 0.1) is 15.1 Å². The molecule has 1 aliphatic rings. The fraction of sp³-hybridized carbons (Fsp3) is 0.0435. The number of hydrogen-bond acceptors (Lipinski definition) is 4. The van der Waals surface area contributed by atoms with Gasteiger partial charge in [0, 0.05) is 0 Å². The number of ether oxygens (including phenoxy) is 1. The molecule has 6 heteroatoms. The summed E-state index contributed by atoms with van der Waals surface area (Å²) < 4.78 is 7.26. The highest BCUT2D eigenvalue weighted by molar-refractivity contribution is 9.10. The van der Waals surface area contributed by atoms with Crippen LogP contribution in [0.1, 0.15) is 11.1 Å². The van der Waals surface area contributed by atoms with Gasteiger partial charge in [0.1, 0.15) is 12.4 Å². The first-order chi connectivity index (χ1) is 14.1. The molecule has 4 rings (SSSR count). The fourth-order valence-electron chi connectivity index (χ4n) is 2.88. The zero-order valence-corrected chi connectivity index (χ0v) is 18.5. The highest BCUT2D eigenvalue weighted by Crippen LogP contribution is 2.36. The van der Waals surface area contributed by atoms with Crippen LogP contribution in [-0.2, 0) is 11.4 Å². The van der Waals surface area contributed by atoms with Gasteiger partial charge in [-0.2, -0.15) is 0 Å². The van der Waals surface area contributed by atoms with Crippen molar-refractivity contribution >= 4 is 61.9 Å². The Labute approximate surface area is 187 Å². The maximum Gasteiger partial charge on any atom is 0.270 e. The molecule has 0 spiro atoms. The average Bonchev–Trinajstić information content (AvgIpc) is 3.02. The van der Waals surface area contributed by atoms with Crippen LogP contribution < -0.4 is 9.64 Å². The highest BCUT2D eigenvalue weighted by Gasteiger charge is 2.33. The van der Waals surface area contributed by atoms with Crippen LogP contribution in [0.25, 0.3) is 6.08 Å². The summed E-state index contributed by atoms with van der Waals surface area (Å²) >= 11 is 10.3. The molecule has 0 atom stereocenters. The Bertz CT molecular complexity index is 1080. The number of carbonyl (C=O) groups excluding carboxylic acids is 1. The van der Waals surface area contributed by atoms with Gasteiger partial charge in [-0.15, -0.1) is 0 Å². The Morgan fingerprint density at radius 3 is 2.38 bits per heavy atom. The second-order valence-electron chi connectivity index (χ2n) is 6.32. The molecule has 0 bridgehead atoms. The first-order valence-corrected chi connectivity index (χ1v) is 10.9. The quantitative estimate of drug-likeness (QED) is 0.310. The van der Waals surface area contributed by atoms with Gasteiger partial charge in [0.25, 0.3) is 5.91 Å². The van der Waals surface area contributed by atoms with Crippen molar-refractivity contribution in [2.24, 2.45) is 0 Å². The smallest absolute Gasteiger partial charge is 0.270 e. The second kappa shape index (κ2) is 8.95. The minimum absolute atomic E-state index is 0.105. The molecule has 0 unspecified atom stereocenters. The first-order valence-electron chi connectivity index (χ1n) is 8.91. The molecule has 0 radical (unpaired) electrons. The molecule has 29 heavy (non-hydrogen) atoms. The van der Waals surface area contributed by atoms with E-state index in [0.29, 0.717) is 15.8 Å². The van der Waals surface area contributed by atoms with Gasteiger partial charge >= 0.3 is 0 Å². The predicted octanol–water partition coefficient (Wildman–Crippen LogP) is 6.43. The summed E-state index contributed by atoms with van der Waals surface area (Å²) in [4.78, 5) is 15.0. The normalized spacial score (nSPS) is 15.2. The lowest BCUT2D eigenvalue weighted by molar-refractivity contribution is -0.113. The zero-order valence-electron chi connectivity index (χ0n) is 15.2. The number of nitrogens with zero attached hydrogens (tertiary/aromatic N) is 1. The Hall–Kier alpha value is -2.41. The number of anilines is 1. The molecule has 3 aromatic rings. The highest BCUT2D eigenvalue weighted by atomic mass is 79.9. The lowest BCUT2D eigenvalue weighted by Crippen LogP contribution is -2.27. The number of rotatable bonds is 5. The van der Waals surface area contributed by atoms with Gasteiger partial charge in [-0.05, 0) is 57.4 Å². The van der Waals surface area contributed by atoms with Gasteiger partial charge in [0.15, 0.2) is 4.32 Å². The summed E-state index contributed by atoms with van der Waals surface area (Å²) in [5, 5.41) is 0. The zero-order chi connectivity index (χ0) is 20.2. The number of thiocarbonyl (C=S) groups is 1. The topological polar surface area (TPSA) is 29.5 Å². The minimum Gasteiger partial charge on any atom is -0.488 e. The van der Waals surface area contributed by atoms with Crippen molar-refractivity contribution in [3.05, 3.63) is 99.4 Å². The third-order valence-electron chi connectivity index (χ3n) is 4.30. The third kappa shape index (κ3) is 4.61. The molecule has 1 amide bonds. The number of para-hydroxylation sites is 1. The van der Waals surface area contributed by atoms with Crippen LogP contribution in [-0.4, -0.2) is 10.2 Å². The van der Waals surface area contributed by atoms with Crippen molar-refractivity contribution in [1.82, 2.24) is 0 Å². The van der Waals surface area contributed by atoms with E-state index in [9.17, 15) is 4.79 Å². The van der Waals surface area contributed by atoms with E-state index >= 15 is 0 Å². The summed E-state index contributed by atoms with van der Waals surface area (Å²) in [6.07, 6.45) is 1.86. The number of amides is 1. The number of benzene rings is 3. The Kier molecular flexibility index (Phi) is 6.13. The van der Waals surface area contributed by atoms with E-state index in [4.69, 9.17) is 17.0 Å². The standard InChI is InChI=1S/C23H16BrNO2S2/c24-19-13-17(11-12-20(19)27-15-16-7-3-1-4-8-16)14-21-22(26)25(23(28)29-21)18-9-5-2-6-10-18/h1-14H,15H2/b21-14+. The van der Waals surface area contributed by atoms with E-state index in [-0.39, 0.29) is 5.91 Å². The van der Waals surface area contributed by atoms with Crippen LogP contribution in [0.2, 0.25) is 0 Å². The number of thioether (sulfide) groups is 1. The van der Waals surface area contributed by atoms with E-state index in [0.717, 1.165) is 27.0 Å². The van der Waals surface area contributed by atoms with Crippen molar-refractivity contribution in [2.75, 3.05) is 4.90 Å². The van der Waals surface area contributed by atoms with E-state index < -0.39 is 0 Å². The number of halogens is 1. The molecule has 1 fully saturated rings. The molecule has 0 aliphatic carbocycles. The van der Waals surface area contributed by atoms with Crippen LogP contribution in [0.4, 0.5) is 5.69 Å². The van der Waals surface area contributed by atoms with Gasteiger partial charge in [-0.25, -0.2) is 0 Å². The molecule has 1 aliphatic heterocycles. The molecular weight excluding hydrogens is 466 g/mol. The molecule has 0 N–H and O–H groups in total. The van der Waals surface area contributed by atoms with Crippen LogP contribution in [0.3, 0.4) is 0 Å². The van der Waals surface area contributed by atoms with Crippen LogP contribution in [0, 0.1) is 0 Å². The van der Waals surface area contributed by atoms with Crippen LogP contribution in [0.15, 0.2) is 88.2 Å². The van der Waals surface area contributed by atoms with E-state index in [1.54, 1.807) is 4.90 Å². The lowest BCUT2D eigenvalue weighted by atomic mass is 10.2. The summed E-state index contributed by atoms with van der Waals surface area (Å²) in [5.41, 5.74) is 2.79. The van der Waals surface area contributed by atoms with E-state index in [2.05, 4.69) is 15.9 Å². The number of hydrogen-bond donors (Lipinski definition) is 0. The summed E-state index contributed by atoms with van der Waals surface area (Å²) in [7, 11) is 0. The second-order valence-corrected chi connectivity index (χ2v) is 8.85. The third-order valence-corrected chi connectivity index (χ3v) is 6.22. The first kappa shape index (κ1) is 19.9. The molecule has 3 nitrogen and oxygen atoms in total. The van der Waals surface area contributed by atoms with Gasteiger partial charge in [0.2, 0.25) is 0 Å². The average molecular weight is 482 g/mol. The van der Waals surface area contributed by atoms with E-state index in [1.165, 1.54) is 11.8 Å². The maximum absolute atomic E-state index is 12.8. The summed E-state index contributed by atoms with van der Waals surface area (Å²) in [6.45, 7) is 0.495. The van der Waals surface area contributed by atoms with Crippen LogP contribution >= 0.6 is 39.9 Å². The SMILES string of the molecule is O=C1/C(=C\c2ccc(OCc3ccccc3)c(Br)c2)SC(=S)N1c1ccccc1. The molecule has 1 saturated heterocycles. The summed E-state index contributed by atoms with van der Waals surface area (Å²) in [6, 6.07) is 25.2. The van der Waals surface area contributed by atoms with Gasteiger partial charge in [-0.3, -0.25) is 9.69 Å². The largest absolute Gasteiger partial charge is 0.488 e. The fourth-order valence-corrected chi connectivity index (χ4v) is 4.69. The van der Waals surface area contributed by atoms with Crippen molar-refractivity contribution in [3.63, 3.8) is 0 Å². The lowest BCUT2D eigenvalue weighted by Gasteiger charge is -2.13. The Morgan fingerprint density at radius 1 is 1.00 bits per heavy atom. The van der Waals surface area contributed by atoms with Crippen molar-refractivity contribution < 1.29 is 9.53 Å². The van der Waals surface area contributed by atoms with Crippen molar-refractivity contribution in [2.45, 2.75) is 6.61 Å². The van der Waals surface area contributed by atoms with Crippen molar-refractivity contribution in [1.29, 1.82) is 0 Å². The monoisotopic (exact) mass is 481 g/mol. The predicted molar refractivity (Wildman–Crippen MR) is 127 cm³/mol. The number of carbonyl (C=O) groups is 1. The molecule has 0 aromatic heterocycles. The maximum atomic E-state index is 12.8. The molecule has 144 valence electrons. The Balaban J connectivity index is 1.50. The molecule has 0 saturated carbocycles. The van der Waals surface area contributed by atoms with Gasteiger partial charge in [-0.1, -0.05) is 78.6 Å². The molecule has 1 heterocycles. The Morgan fingerprint density at radius 2 is 1.69 bits per heavy atom. The molecule has 3 aromatic carbocycles.